The van der Waals surface area contributed by atoms with Crippen molar-refractivity contribution in [1.29, 1.82) is 0 Å². The number of benzene rings is 1. The van der Waals surface area contributed by atoms with E-state index in [2.05, 4.69) is 16.0 Å². The molecule has 3 aromatic rings. The van der Waals surface area contributed by atoms with Gasteiger partial charge in [-0.15, -0.1) is 11.3 Å². The van der Waals surface area contributed by atoms with Crippen molar-refractivity contribution in [2.75, 3.05) is 19.8 Å². The van der Waals surface area contributed by atoms with E-state index in [0.717, 1.165) is 22.7 Å². The Morgan fingerprint density at radius 3 is 2.63 bits per heavy atom. The molecule has 4 heterocycles. The number of fused-ring (bicyclic) bond motifs is 1. The summed E-state index contributed by atoms with van der Waals surface area (Å²) in [6.45, 7) is 6.90. The molecule has 35 heavy (non-hydrogen) atoms. The number of aryl methyl sites for hydroxylation is 1. The number of amides is 3. The molecule has 5 rings (SSSR count). The second kappa shape index (κ2) is 8.88. The first-order valence-electron chi connectivity index (χ1n) is 11.5. The number of thiophene rings is 1. The Balaban J connectivity index is 1.36. The van der Waals surface area contributed by atoms with E-state index in [4.69, 9.17) is 9.47 Å². The molecule has 0 saturated carbocycles. The molecule has 2 aliphatic heterocycles. The van der Waals surface area contributed by atoms with E-state index in [-0.39, 0.29) is 12.3 Å². The van der Waals surface area contributed by atoms with E-state index in [9.17, 15) is 14.4 Å². The van der Waals surface area contributed by atoms with Gasteiger partial charge in [0.1, 0.15) is 5.54 Å². The number of carbonyl (C=O) groups excluding carboxylic acids is 3. The number of ketones is 1. The topological polar surface area (TPSA) is 89.9 Å². The van der Waals surface area contributed by atoms with E-state index in [1.54, 1.807) is 36.5 Å². The highest BCUT2D eigenvalue weighted by Gasteiger charge is 2.50. The predicted molar refractivity (Wildman–Crippen MR) is 131 cm³/mol. The van der Waals surface area contributed by atoms with E-state index < -0.39 is 17.5 Å². The van der Waals surface area contributed by atoms with Crippen molar-refractivity contribution >= 4 is 29.1 Å². The number of rotatable bonds is 6. The van der Waals surface area contributed by atoms with Crippen LogP contribution in [0.25, 0.3) is 0 Å². The van der Waals surface area contributed by atoms with E-state index in [0.29, 0.717) is 42.4 Å². The van der Waals surface area contributed by atoms with Crippen LogP contribution in [0.2, 0.25) is 0 Å². The van der Waals surface area contributed by atoms with Crippen molar-refractivity contribution in [2.45, 2.75) is 39.3 Å². The number of aromatic nitrogens is 1. The number of carbonyl (C=O) groups is 3. The van der Waals surface area contributed by atoms with Crippen LogP contribution in [-0.2, 0) is 16.9 Å². The lowest BCUT2D eigenvalue weighted by Gasteiger charge is -2.23. The summed E-state index contributed by atoms with van der Waals surface area (Å²) in [5.41, 5.74) is 1.55. The number of hydrogen-bond donors (Lipinski definition) is 1. The molecule has 0 radical (unpaired) electrons. The molecule has 1 atom stereocenters. The predicted octanol–water partition coefficient (Wildman–Crippen LogP) is 4.03. The average Bonchev–Trinajstić information content (AvgIpc) is 3.43. The highest BCUT2D eigenvalue weighted by atomic mass is 32.1. The second-order valence-electron chi connectivity index (χ2n) is 9.03. The molecule has 3 amide bonds. The van der Waals surface area contributed by atoms with Gasteiger partial charge in [-0.1, -0.05) is 12.1 Å². The van der Waals surface area contributed by atoms with Crippen LogP contribution in [-0.4, -0.2) is 46.9 Å². The number of hydrogen-bond acceptors (Lipinski definition) is 6. The number of Topliss-reactive ketones (excluding diaryl/α,β-unsaturated/α-hetero) is 1. The van der Waals surface area contributed by atoms with Crippen LogP contribution in [0.4, 0.5) is 4.79 Å². The van der Waals surface area contributed by atoms with Gasteiger partial charge in [-0.05, 0) is 56.0 Å². The zero-order valence-electron chi connectivity index (χ0n) is 19.9. The summed E-state index contributed by atoms with van der Waals surface area (Å²) in [4.78, 5) is 41.7. The molecule has 9 heteroatoms. The lowest BCUT2D eigenvalue weighted by molar-refractivity contribution is -0.130. The first-order valence-corrected chi connectivity index (χ1v) is 12.4. The molecule has 182 valence electrons. The minimum atomic E-state index is -1.31. The van der Waals surface area contributed by atoms with Gasteiger partial charge in [-0.25, -0.2) is 4.79 Å². The van der Waals surface area contributed by atoms with Gasteiger partial charge in [0.2, 0.25) is 0 Å². The van der Waals surface area contributed by atoms with Gasteiger partial charge in [0.25, 0.3) is 5.91 Å². The van der Waals surface area contributed by atoms with E-state index in [1.165, 1.54) is 4.88 Å². The fraction of sp³-hybridized carbons (Fsp3) is 0.346. The van der Waals surface area contributed by atoms with Crippen molar-refractivity contribution in [3.05, 3.63) is 69.2 Å². The Morgan fingerprint density at radius 1 is 1.11 bits per heavy atom. The molecule has 0 bridgehead atoms. The van der Waals surface area contributed by atoms with Crippen LogP contribution in [0.15, 0.2) is 41.8 Å². The van der Waals surface area contributed by atoms with Crippen molar-refractivity contribution in [3.8, 4) is 11.5 Å². The number of nitrogens with zero attached hydrogens (tertiary/aromatic N) is 2. The standard InChI is InChI=1S/C26H27N3O5S/c1-16-12-20(17(2)28(16)14-19-6-4-11-35-19)21(30)15-29-24(31)26(3,27-25(29)32)18-7-8-22-23(13-18)34-10-5-9-33-22/h4,6-8,11-13H,5,9-10,14-15H2,1-3H3,(H,27,32). The Hall–Kier alpha value is -3.59. The summed E-state index contributed by atoms with van der Waals surface area (Å²) in [7, 11) is 0. The molecule has 1 unspecified atom stereocenters. The quantitative estimate of drug-likeness (QED) is 0.414. The third kappa shape index (κ3) is 4.10. The number of nitrogens with one attached hydrogen (secondary N) is 1. The summed E-state index contributed by atoms with van der Waals surface area (Å²) < 4.78 is 13.5. The molecule has 8 nitrogen and oxygen atoms in total. The zero-order valence-corrected chi connectivity index (χ0v) is 20.7. The number of urea groups is 1. The van der Waals surface area contributed by atoms with Crippen LogP contribution < -0.4 is 14.8 Å². The maximum atomic E-state index is 13.4. The second-order valence-corrected chi connectivity index (χ2v) is 10.1. The molecule has 1 N–H and O–H groups in total. The minimum absolute atomic E-state index is 0.276. The molecule has 1 fully saturated rings. The fourth-order valence-electron chi connectivity index (χ4n) is 4.62. The fourth-order valence-corrected chi connectivity index (χ4v) is 5.32. The van der Waals surface area contributed by atoms with Gasteiger partial charge in [0.05, 0.1) is 26.3 Å². The molecule has 1 saturated heterocycles. The first kappa shape index (κ1) is 23.2. The lowest BCUT2D eigenvalue weighted by Crippen LogP contribution is -2.41. The van der Waals surface area contributed by atoms with Crippen molar-refractivity contribution in [1.82, 2.24) is 14.8 Å². The molecule has 0 aliphatic carbocycles. The lowest BCUT2D eigenvalue weighted by atomic mass is 9.91. The summed E-state index contributed by atoms with van der Waals surface area (Å²) in [5.74, 6) is 0.396. The first-order chi connectivity index (χ1) is 16.8. The van der Waals surface area contributed by atoms with Crippen LogP contribution in [0.5, 0.6) is 11.5 Å². The maximum absolute atomic E-state index is 13.4. The van der Waals surface area contributed by atoms with E-state index in [1.807, 2.05) is 31.4 Å². The van der Waals surface area contributed by atoms with Gasteiger partial charge >= 0.3 is 6.03 Å². The largest absolute Gasteiger partial charge is 0.490 e. The highest BCUT2D eigenvalue weighted by molar-refractivity contribution is 7.09. The Morgan fingerprint density at radius 2 is 1.89 bits per heavy atom. The van der Waals surface area contributed by atoms with Gasteiger partial charge in [0, 0.05) is 28.2 Å². The summed E-state index contributed by atoms with van der Waals surface area (Å²) >= 11 is 1.66. The number of imide groups is 1. The summed E-state index contributed by atoms with van der Waals surface area (Å²) in [5, 5.41) is 4.79. The molecule has 0 spiro atoms. The van der Waals surface area contributed by atoms with Gasteiger partial charge in [0.15, 0.2) is 17.3 Å². The third-order valence-electron chi connectivity index (χ3n) is 6.67. The molecule has 1 aromatic carbocycles. The SMILES string of the molecule is Cc1cc(C(=O)CN2C(=O)NC(C)(c3ccc4c(c3)OCCCO4)C2=O)c(C)n1Cc1cccs1. The van der Waals surface area contributed by atoms with Crippen LogP contribution in [0.1, 0.15) is 45.5 Å². The minimum Gasteiger partial charge on any atom is -0.490 e. The highest BCUT2D eigenvalue weighted by Crippen LogP contribution is 2.36. The van der Waals surface area contributed by atoms with Gasteiger partial charge < -0.3 is 19.4 Å². The van der Waals surface area contributed by atoms with Gasteiger partial charge in [-0.2, -0.15) is 0 Å². The summed E-state index contributed by atoms with van der Waals surface area (Å²) in [6, 6.07) is 10.5. The number of ether oxygens (including phenoxy) is 2. The van der Waals surface area contributed by atoms with E-state index >= 15 is 0 Å². The van der Waals surface area contributed by atoms with Crippen molar-refractivity contribution in [2.24, 2.45) is 0 Å². The van der Waals surface area contributed by atoms with Crippen LogP contribution in [0.3, 0.4) is 0 Å². The van der Waals surface area contributed by atoms with Crippen LogP contribution >= 0.6 is 11.3 Å². The Kier molecular flexibility index (Phi) is 5.88. The van der Waals surface area contributed by atoms with Crippen molar-refractivity contribution < 1.29 is 23.9 Å². The van der Waals surface area contributed by atoms with Crippen LogP contribution in [0, 0.1) is 13.8 Å². The molecule has 2 aliphatic rings. The molecular formula is C26H27N3O5S. The van der Waals surface area contributed by atoms with Gasteiger partial charge in [-0.3, -0.25) is 14.5 Å². The third-order valence-corrected chi connectivity index (χ3v) is 7.53. The smallest absolute Gasteiger partial charge is 0.325 e. The Bertz CT molecular complexity index is 1310. The van der Waals surface area contributed by atoms with Crippen molar-refractivity contribution in [3.63, 3.8) is 0 Å². The maximum Gasteiger partial charge on any atom is 0.325 e. The Labute approximate surface area is 207 Å². The molecule has 2 aromatic heterocycles. The summed E-state index contributed by atoms with van der Waals surface area (Å²) in [6.07, 6.45) is 0.765. The zero-order chi connectivity index (χ0) is 24.7. The average molecular weight is 494 g/mol. The molecular weight excluding hydrogens is 466 g/mol. The monoisotopic (exact) mass is 493 g/mol. The normalized spacial score (nSPS) is 19.6.